The Hall–Kier alpha value is 0.338. The Morgan fingerprint density at radius 2 is 1.47 bits per heavy atom. The fraction of sp³-hybridized carbons (Fsp3) is 0.333. The first-order chi connectivity index (χ1) is 5.61. The molecular weight excluding hydrogens is 421 g/mol. The van der Waals surface area contributed by atoms with Gasteiger partial charge in [0.15, 0.2) is 0 Å². The zero-order chi connectivity index (χ0) is 9.14. The van der Waals surface area contributed by atoms with E-state index in [0.717, 1.165) is 5.56 Å². The summed E-state index contributed by atoms with van der Waals surface area (Å²) in [6, 6.07) is 5.75. The van der Waals surface area contributed by atoms with Gasteiger partial charge in [-0.05, 0) is 24.6 Å². The van der Waals surface area contributed by atoms with Crippen molar-refractivity contribution in [2.45, 2.75) is 19.0 Å². The van der Waals surface area contributed by atoms with Crippen LogP contribution in [-0.4, -0.2) is 6.04 Å². The summed E-state index contributed by atoms with van der Waals surface area (Å²) in [6.07, 6.45) is 0. The molecular formula is C9H13Cl2FN2Pt. The molecule has 6 heteroatoms. The molecule has 1 aromatic carbocycles. The zero-order valence-corrected chi connectivity index (χ0v) is 11.9. The van der Waals surface area contributed by atoms with Gasteiger partial charge < -0.3 is 36.3 Å². The summed E-state index contributed by atoms with van der Waals surface area (Å²) in [7, 11) is 0. The molecule has 2 atom stereocenters. The van der Waals surface area contributed by atoms with Gasteiger partial charge in [0.05, 0.1) is 0 Å². The van der Waals surface area contributed by atoms with Crippen LogP contribution >= 0.6 is 0 Å². The number of nitrogens with two attached hydrogens (primary N) is 2. The largest absolute Gasteiger partial charge is 2.00 e. The van der Waals surface area contributed by atoms with Crippen LogP contribution in [-0.2, 0) is 21.1 Å². The van der Waals surface area contributed by atoms with Gasteiger partial charge in [0, 0.05) is 12.1 Å². The summed E-state index contributed by atoms with van der Waals surface area (Å²) >= 11 is 0. The van der Waals surface area contributed by atoms with Gasteiger partial charge in [-0.1, -0.05) is 12.1 Å². The standard InChI is InChI=1S/C9H13FN2.2ClH.Pt/c1-6(11)9(12)7-2-4-8(10)5-3-7;;;/h2-6,9H,11-12H2,1H3;2*1H;/q;;;+2/p-2/t6-,9+;;;/m1.../s1. The van der Waals surface area contributed by atoms with Crippen LogP contribution in [0.5, 0.6) is 0 Å². The first-order valence-electron chi connectivity index (χ1n) is 3.88. The van der Waals surface area contributed by atoms with E-state index in [2.05, 4.69) is 0 Å². The van der Waals surface area contributed by atoms with E-state index in [-0.39, 0.29) is 63.8 Å². The van der Waals surface area contributed by atoms with E-state index in [1.807, 2.05) is 6.92 Å². The fourth-order valence-electron chi connectivity index (χ4n) is 0.989. The van der Waals surface area contributed by atoms with Gasteiger partial charge in [-0.3, -0.25) is 0 Å². The summed E-state index contributed by atoms with van der Waals surface area (Å²) in [4.78, 5) is 0. The predicted octanol–water partition coefficient (Wildman–Crippen LogP) is -4.82. The van der Waals surface area contributed by atoms with Gasteiger partial charge in [0.1, 0.15) is 5.82 Å². The Kier molecular flexibility index (Phi) is 13.2. The van der Waals surface area contributed by atoms with E-state index in [1.165, 1.54) is 12.1 Å². The fourth-order valence-corrected chi connectivity index (χ4v) is 0.989. The molecule has 0 unspecified atom stereocenters. The Bertz CT molecular complexity index is 257. The second-order valence-corrected chi connectivity index (χ2v) is 2.94. The third-order valence-electron chi connectivity index (χ3n) is 1.82. The molecule has 2 nitrogen and oxygen atoms in total. The minimum atomic E-state index is -0.254. The molecule has 0 aliphatic rings. The molecule has 15 heavy (non-hydrogen) atoms. The van der Waals surface area contributed by atoms with E-state index in [0.29, 0.717) is 0 Å². The van der Waals surface area contributed by atoms with Crippen molar-refractivity contribution < 1.29 is 50.3 Å². The van der Waals surface area contributed by atoms with Crippen LogP contribution in [0.3, 0.4) is 0 Å². The monoisotopic (exact) mass is 433 g/mol. The molecule has 0 aromatic heterocycles. The van der Waals surface area contributed by atoms with Crippen LogP contribution in [0, 0.1) is 5.82 Å². The third-order valence-corrected chi connectivity index (χ3v) is 1.82. The van der Waals surface area contributed by atoms with Crippen LogP contribution in [0.2, 0.25) is 0 Å². The van der Waals surface area contributed by atoms with Crippen molar-refractivity contribution in [3.05, 3.63) is 35.6 Å². The van der Waals surface area contributed by atoms with Crippen LogP contribution in [0.1, 0.15) is 18.5 Å². The van der Waals surface area contributed by atoms with Crippen LogP contribution in [0.15, 0.2) is 24.3 Å². The topological polar surface area (TPSA) is 52.0 Å². The molecule has 0 aliphatic heterocycles. The maximum atomic E-state index is 12.5. The summed E-state index contributed by atoms with van der Waals surface area (Å²) < 4.78 is 12.5. The first-order valence-corrected chi connectivity index (χ1v) is 3.88. The minimum absolute atomic E-state index is 0. The molecule has 0 heterocycles. The SMILES string of the molecule is C[C@@H](N)[C@H](N)c1ccc(F)cc1.[Cl-].[Cl-].[Pt+2]. The average Bonchev–Trinajstić information content (AvgIpc) is 2.04. The Balaban J connectivity index is -0.000000480. The maximum Gasteiger partial charge on any atom is 2.00 e. The molecule has 0 radical (unpaired) electrons. The number of hydrogen-bond acceptors (Lipinski definition) is 2. The summed E-state index contributed by atoms with van der Waals surface area (Å²) in [5, 5.41) is 0. The smallest absolute Gasteiger partial charge is 1.00 e. The van der Waals surface area contributed by atoms with E-state index < -0.39 is 0 Å². The van der Waals surface area contributed by atoms with Crippen LogP contribution < -0.4 is 36.3 Å². The molecule has 1 aromatic rings. The second kappa shape index (κ2) is 9.56. The molecule has 1 rings (SSSR count). The van der Waals surface area contributed by atoms with Crippen molar-refractivity contribution in [3.63, 3.8) is 0 Å². The normalized spacial score (nSPS) is 12.5. The Labute approximate surface area is 116 Å². The van der Waals surface area contributed by atoms with Gasteiger partial charge in [-0.15, -0.1) is 0 Å². The Morgan fingerprint density at radius 1 is 1.07 bits per heavy atom. The summed E-state index contributed by atoms with van der Waals surface area (Å²) in [5.74, 6) is -0.254. The molecule has 0 bridgehead atoms. The molecule has 4 N–H and O–H groups in total. The van der Waals surface area contributed by atoms with Crippen molar-refractivity contribution in [1.82, 2.24) is 0 Å². The van der Waals surface area contributed by atoms with Crippen LogP contribution in [0.25, 0.3) is 0 Å². The van der Waals surface area contributed by atoms with E-state index in [4.69, 9.17) is 11.5 Å². The molecule has 0 saturated heterocycles. The first kappa shape index (κ1) is 20.7. The van der Waals surface area contributed by atoms with Crippen molar-refractivity contribution in [1.29, 1.82) is 0 Å². The van der Waals surface area contributed by atoms with Crippen molar-refractivity contribution in [3.8, 4) is 0 Å². The molecule has 0 saturated carbocycles. The second-order valence-electron chi connectivity index (χ2n) is 2.94. The van der Waals surface area contributed by atoms with Gasteiger partial charge in [-0.2, -0.15) is 0 Å². The Morgan fingerprint density at radius 3 is 1.80 bits per heavy atom. The molecule has 0 fully saturated rings. The summed E-state index contributed by atoms with van der Waals surface area (Å²) in [5.41, 5.74) is 12.2. The number of hydrogen-bond donors (Lipinski definition) is 2. The van der Waals surface area contributed by atoms with Crippen molar-refractivity contribution in [2.24, 2.45) is 11.5 Å². The van der Waals surface area contributed by atoms with E-state index >= 15 is 0 Å². The van der Waals surface area contributed by atoms with Gasteiger partial charge in [-0.25, -0.2) is 4.39 Å². The maximum absolute atomic E-state index is 12.5. The van der Waals surface area contributed by atoms with Crippen molar-refractivity contribution >= 4 is 0 Å². The molecule has 0 aliphatic carbocycles. The number of benzene rings is 1. The van der Waals surface area contributed by atoms with E-state index in [1.54, 1.807) is 12.1 Å². The van der Waals surface area contributed by atoms with Crippen molar-refractivity contribution in [2.75, 3.05) is 0 Å². The van der Waals surface area contributed by atoms with Gasteiger partial charge in [0.25, 0.3) is 0 Å². The molecule has 90 valence electrons. The molecule has 0 amide bonds. The minimum Gasteiger partial charge on any atom is -1.00 e. The quantitative estimate of drug-likeness (QED) is 0.491. The third kappa shape index (κ3) is 6.49. The van der Waals surface area contributed by atoms with Crippen LogP contribution in [0.4, 0.5) is 4.39 Å². The van der Waals surface area contributed by atoms with Gasteiger partial charge in [0.2, 0.25) is 0 Å². The summed E-state index contributed by atoms with van der Waals surface area (Å²) in [6.45, 7) is 1.83. The number of halogens is 3. The van der Waals surface area contributed by atoms with E-state index in [9.17, 15) is 4.39 Å². The average molecular weight is 434 g/mol. The zero-order valence-electron chi connectivity index (χ0n) is 8.07. The number of rotatable bonds is 2. The molecule has 0 spiro atoms. The van der Waals surface area contributed by atoms with Gasteiger partial charge >= 0.3 is 21.1 Å². The predicted molar refractivity (Wildman–Crippen MR) is 47.0 cm³/mol.